The van der Waals surface area contributed by atoms with Gasteiger partial charge in [-0.25, -0.2) is 4.39 Å². The SMILES string of the molecule is NC(=O)C1CCCN1C(=O)c1cc2ccccc2n1Cc1ccccc1F. The third-order valence-corrected chi connectivity index (χ3v) is 5.16. The summed E-state index contributed by atoms with van der Waals surface area (Å²) < 4.78 is 16.0. The van der Waals surface area contributed by atoms with E-state index in [1.165, 1.54) is 11.0 Å². The lowest BCUT2D eigenvalue weighted by Gasteiger charge is -2.23. The summed E-state index contributed by atoms with van der Waals surface area (Å²) in [5.41, 5.74) is 7.26. The predicted molar refractivity (Wildman–Crippen MR) is 101 cm³/mol. The van der Waals surface area contributed by atoms with Crippen molar-refractivity contribution in [1.29, 1.82) is 0 Å². The Labute approximate surface area is 156 Å². The van der Waals surface area contributed by atoms with Crippen molar-refractivity contribution < 1.29 is 14.0 Å². The standard InChI is InChI=1S/C21H20FN3O2/c22-16-8-3-1-7-15(16)13-25-17-9-4-2-6-14(17)12-19(25)21(27)24-11-5-10-18(24)20(23)26/h1-4,6-9,12,18H,5,10-11,13H2,(H2,23,26). The zero-order valence-corrected chi connectivity index (χ0v) is 14.8. The van der Waals surface area contributed by atoms with Crippen LogP contribution in [0.4, 0.5) is 4.39 Å². The van der Waals surface area contributed by atoms with E-state index in [-0.39, 0.29) is 18.3 Å². The van der Waals surface area contributed by atoms with Crippen LogP contribution in [-0.4, -0.2) is 33.9 Å². The van der Waals surface area contributed by atoms with Gasteiger partial charge in [-0.05, 0) is 31.0 Å². The molecule has 5 nitrogen and oxygen atoms in total. The molecule has 0 bridgehead atoms. The first-order chi connectivity index (χ1) is 13.1. The normalized spacial score (nSPS) is 16.8. The molecule has 1 aromatic heterocycles. The summed E-state index contributed by atoms with van der Waals surface area (Å²) in [4.78, 5) is 26.5. The molecule has 1 unspecified atom stereocenters. The molecule has 0 radical (unpaired) electrons. The minimum absolute atomic E-state index is 0.232. The Bertz CT molecular complexity index is 1030. The zero-order chi connectivity index (χ0) is 19.0. The van der Waals surface area contributed by atoms with Crippen LogP contribution < -0.4 is 5.73 Å². The largest absolute Gasteiger partial charge is 0.368 e. The molecule has 1 fully saturated rings. The molecule has 1 atom stereocenters. The molecule has 0 spiro atoms. The van der Waals surface area contributed by atoms with Crippen molar-refractivity contribution in [3.63, 3.8) is 0 Å². The number of aromatic nitrogens is 1. The van der Waals surface area contributed by atoms with E-state index in [0.29, 0.717) is 24.2 Å². The fraction of sp³-hybridized carbons (Fsp3) is 0.238. The number of halogens is 1. The van der Waals surface area contributed by atoms with Crippen molar-refractivity contribution in [2.24, 2.45) is 5.73 Å². The Hall–Kier alpha value is -3.15. The summed E-state index contributed by atoms with van der Waals surface area (Å²) in [5.74, 6) is -1.05. The molecule has 1 saturated heterocycles. The van der Waals surface area contributed by atoms with Gasteiger partial charge in [-0.1, -0.05) is 36.4 Å². The number of nitrogens with two attached hydrogens (primary N) is 1. The summed E-state index contributed by atoms with van der Waals surface area (Å²) in [6, 6.07) is 15.3. The molecule has 6 heteroatoms. The first kappa shape index (κ1) is 17.3. The average Bonchev–Trinajstić information content (AvgIpc) is 3.29. The monoisotopic (exact) mass is 365 g/mol. The number of para-hydroxylation sites is 1. The number of carbonyl (C=O) groups excluding carboxylic acids is 2. The van der Waals surface area contributed by atoms with Gasteiger partial charge >= 0.3 is 0 Å². The Morgan fingerprint density at radius 1 is 1.11 bits per heavy atom. The molecule has 1 aliphatic rings. The van der Waals surface area contributed by atoms with E-state index >= 15 is 0 Å². The van der Waals surface area contributed by atoms with Crippen molar-refractivity contribution in [1.82, 2.24) is 9.47 Å². The van der Waals surface area contributed by atoms with Crippen molar-refractivity contribution in [3.05, 3.63) is 71.7 Å². The first-order valence-corrected chi connectivity index (χ1v) is 8.98. The van der Waals surface area contributed by atoms with Gasteiger partial charge in [-0.15, -0.1) is 0 Å². The number of likely N-dealkylation sites (tertiary alicyclic amines) is 1. The zero-order valence-electron chi connectivity index (χ0n) is 14.8. The van der Waals surface area contributed by atoms with E-state index in [1.54, 1.807) is 24.3 Å². The van der Waals surface area contributed by atoms with Gasteiger partial charge in [-0.2, -0.15) is 0 Å². The molecule has 1 aliphatic heterocycles. The summed E-state index contributed by atoms with van der Waals surface area (Å²) in [5, 5.41) is 0.895. The maximum absolute atomic E-state index is 14.2. The van der Waals surface area contributed by atoms with Gasteiger partial charge in [-0.3, -0.25) is 9.59 Å². The van der Waals surface area contributed by atoms with E-state index in [0.717, 1.165) is 17.3 Å². The predicted octanol–water partition coefficient (Wildman–Crippen LogP) is 2.92. The number of amides is 2. The molecule has 27 heavy (non-hydrogen) atoms. The minimum Gasteiger partial charge on any atom is -0.368 e. The van der Waals surface area contributed by atoms with Crippen LogP contribution in [-0.2, 0) is 11.3 Å². The maximum Gasteiger partial charge on any atom is 0.271 e. The fourth-order valence-electron chi connectivity index (χ4n) is 3.81. The van der Waals surface area contributed by atoms with Crippen LogP contribution in [0, 0.1) is 5.82 Å². The molecular formula is C21H20FN3O2. The van der Waals surface area contributed by atoms with Gasteiger partial charge in [0.2, 0.25) is 5.91 Å². The van der Waals surface area contributed by atoms with Crippen LogP contribution in [0.2, 0.25) is 0 Å². The molecule has 3 aromatic rings. The molecule has 0 saturated carbocycles. The van der Waals surface area contributed by atoms with Gasteiger partial charge in [0, 0.05) is 23.0 Å². The van der Waals surface area contributed by atoms with Gasteiger partial charge in [0.15, 0.2) is 0 Å². The van der Waals surface area contributed by atoms with E-state index in [2.05, 4.69) is 0 Å². The first-order valence-electron chi connectivity index (χ1n) is 8.98. The molecular weight excluding hydrogens is 345 g/mol. The second-order valence-corrected chi connectivity index (χ2v) is 6.82. The number of nitrogens with zero attached hydrogens (tertiary/aromatic N) is 2. The third kappa shape index (κ3) is 3.07. The number of rotatable bonds is 4. The van der Waals surface area contributed by atoms with Crippen LogP contribution in [0.15, 0.2) is 54.6 Å². The van der Waals surface area contributed by atoms with Gasteiger partial charge in [0.05, 0.1) is 6.54 Å². The highest BCUT2D eigenvalue weighted by Crippen LogP contribution is 2.26. The number of carbonyl (C=O) groups is 2. The van der Waals surface area contributed by atoms with Crippen LogP contribution in [0.3, 0.4) is 0 Å². The average molecular weight is 365 g/mol. The van der Waals surface area contributed by atoms with Crippen LogP contribution >= 0.6 is 0 Å². The van der Waals surface area contributed by atoms with E-state index in [4.69, 9.17) is 5.73 Å². The second-order valence-electron chi connectivity index (χ2n) is 6.82. The molecule has 0 aliphatic carbocycles. The lowest BCUT2D eigenvalue weighted by Crippen LogP contribution is -2.44. The van der Waals surface area contributed by atoms with E-state index in [9.17, 15) is 14.0 Å². The van der Waals surface area contributed by atoms with Crippen molar-refractivity contribution in [3.8, 4) is 0 Å². The smallest absolute Gasteiger partial charge is 0.271 e. The minimum atomic E-state index is -0.586. The van der Waals surface area contributed by atoms with Crippen LogP contribution in [0.25, 0.3) is 10.9 Å². The maximum atomic E-state index is 14.2. The van der Waals surface area contributed by atoms with Crippen molar-refractivity contribution >= 4 is 22.7 Å². The lowest BCUT2D eigenvalue weighted by molar-refractivity contribution is -0.121. The lowest BCUT2D eigenvalue weighted by atomic mass is 10.2. The topological polar surface area (TPSA) is 68.3 Å². The molecule has 4 rings (SSSR count). The molecule has 2 N–H and O–H groups in total. The van der Waals surface area contributed by atoms with E-state index < -0.39 is 11.9 Å². The number of benzene rings is 2. The Kier molecular flexibility index (Phi) is 4.39. The fourth-order valence-corrected chi connectivity index (χ4v) is 3.81. The Balaban J connectivity index is 1.79. The highest BCUT2D eigenvalue weighted by atomic mass is 19.1. The van der Waals surface area contributed by atoms with Gasteiger partial charge < -0.3 is 15.2 Å². The molecule has 2 amide bonds. The summed E-state index contributed by atoms with van der Waals surface area (Å²) in [6.07, 6.45) is 1.32. The van der Waals surface area contributed by atoms with Gasteiger partial charge in [0.25, 0.3) is 5.91 Å². The molecule has 138 valence electrons. The quantitative estimate of drug-likeness (QED) is 0.772. The van der Waals surface area contributed by atoms with E-state index in [1.807, 2.05) is 28.8 Å². The number of hydrogen-bond acceptors (Lipinski definition) is 2. The van der Waals surface area contributed by atoms with Gasteiger partial charge in [0.1, 0.15) is 17.6 Å². The Morgan fingerprint density at radius 3 is 2.63 bits per heavy atom. The molecule has 2 aromatic carbocycles. The van der Waals surface area contributed by atoms with Crippen molar-refractivity contribution in [2.45, 2.75) is 25.4 Å². The van der Waals surface area contributed by atoms with Crippen LogP contribution in [0.1, 0.15) is 28.9 Å². The third-order valence-electron chi connectivity index (χ3n) is 5.16. The Morgan fingerprint density at radius 2 is 1.85 bits per heavy atom. The number of fused-ring (bicyclic) bond motifs is 1. The highest BCUT2D eigenvalue weighted by Gasteiger charge is 2.34. The summed E-state index contributed by atoms with van der Waals surface area (Å²) in [6.45, 7) is 0.726. The highest BCUT2D eigenvalue weighted by molar-refractivity contribution is 6.01. The van der Waals surface area contributed by atoms with Crippen molar-refractivity contribution in [2.75, 3.05) is 6.54 Å². The number of hydrogen-bond donors (Lipinski definition) is 1. The summed E-state index contributed by atoms with van der Waals surface area (Å²) in [7, 11) is 0. The van der Waals surface area contributed by atoms with Crippen LogP contribution in [0.5, 0.6) is 0 Å². The molecule has 2 heterocycles. The second kappa shape index (κ2) is 6.87. The summed E-state index contributed by atoms with van der Waals surface area (Å²) >= 11 is 0. The number of primary amides is 1.